The maximum atomic E-state index is 11.8. The Morgan fingerprint density at radius 3 is 2.70 bits per heavy atom. The molecule has 0 spiro atoms. The molecule has 0 amide bonds. The first kappa shape index (κ1) is 21.6. The molecule has 2 fully saturated rings. The number of anilines is 2. The molecule has 174 valence electrons. The van der Waals surface area contributed by atoms with E-state index in [-0.39, 0.29) is 11.7 Å². The number of aromatic nitrogens is 4. The molecule has 1 aromatic carbocycles. The summed E-state index contributed by atoms with van der Waals surface area (Å²) in [6.07, 6.45) is 8.42. The summed E-state index contributed by atoms with van der Waals surface area (Å²) in [5.74, 6) is 1.82. The van der Waals surface area contributed by atoms with Crippen molar-refractivity contribution in [3.8, 4) is 5.75 Å². The lowest BCUT2D eigenvalue weighted by atomic mass is 9.84. The summed E-state index contributed by atoms with van der Waals surface area (Å²) in [5.41, 5.74) is 3.49. The van der Waals surface area contributed by atoms with Crippen LogP contribution in [-0.2, 0) is 11.2 Å². The first-order chi connectivity index (χ1) is 16.2. The van der Waals surface area contributed by atoms with Crippen LogP contribution in [0.2, 0.25) is 0 Å². The van der Waals surface area contributed by atoms with Crippen LogP contribution in [0.15, 0.2) is 35.4 Å². The van der Waals surface area contributed by atoms with E-state index in [0.29, 0.717) is 11.9 Å². The van der Waals surface area contributed by atoms with E-state index in [2.05, 4.69) is 42.3 Å². The summed E-state index contributed by atoms with van der Waals surface area (Å²) in [5, 5.41) is 2.91. The minimum absolute atomic E-state index is 0.116. The van der Waals surface area contributed by atoms with Gasteiger partial charge in [0.25, 0.3) is 5.56 Å². The van der Waals surface area contributed by atoms with Crippen molar-refractivity contribution in [2.45, 2.75) is 38.2 Å². The molecule has 33 heavy (non-hydrogen) atoms. The molecule has 2 N–H and O–H groups in total. The Morgan fingerprint density at radius 1 is 1.12 bits per heavy atom. The summed E-state index contributed by atoms with van der Waals surface area (Å²) >= 11 is 0. The highest BCUT2D eigenvalue weighted by Gasteiger charge is 2.25. The zero-order valence-electron chi connectivity index (χ0n) is 18.9. The number of ether oxygens (including phenoxy) is 2. The second-order valence-corrected chi connectivity index (χ2v) is 8.77. The molecule has 2 aliphatic rings. The number of rotatable bonds is 6. The highest BCUT2D eigenvalue weighted by molar-refractivity contribution is 5.85. The molecule has 3 aromatic rings. The SMILES string of the molecule is CNc1nc(CC2CCC(Oc3cc(N4CCOCC4)cc4nccnc34)CC2)cc(=O)[nH]1. The lowest BCUT2D eigenvalue weighted by Gasteiger charge is -2.31. The quantitative estimate of drug-likeness (QED) is 0.591. The van der Waals surface area contributed by atoms with E-state index in [1.54, 1.807) is 25.5 Å². The third-order valence-electron chi connectivity index (χ3n) is 6.52. The number of hydrogen-bond acceptors (Lipinski definition) is 8. The summed E-state index contributed by atoms with van der Waals surface area (Å²) in [6, 6.07) is 5.80. The number of morpholine rings is 1. The molecule has 0 radical (unpaired) electrons. The third kappa shape index (κ3) is 5.08. The van der Waals surface area contributed by atoms with Crippen molar-refractivity contribution in [2.75, 3.05) is 43.6 Å². The minimum atomic E-state index is -0.116. The van der Waals surface area contributed by atoms with E-state index in [4.69, 9.17) is 9.47 Å². The van der Waals surface area contributed by atoms with Gasteiger partial charge in [0.15, 0.2) is 0 Å². The molecule has 0 bridgehead atoms. The number of fused-ring (bicyclic) bond motifs is 1. The second-order valence-electron chi connectivity index (χ2n) is 8.77. The fourth-order valence-electron chi connectivity index (χ4n) is 4.78. The Labute approximate surface area is 192 Å². The van der Waals surface area contributed by atoms with Crippen LogP contribution in [0, 0.1) is 5.92 Å². The lowest BCUT2D eigenvalue weighted by Crippen LogP contribution is -2.36. The maximum Gasteiger partial charge on any atom is 0.252 e. The lowest BCUT2D eigenvalue weighted by molar-refractivity contribution is 0.122. The molecule has 1 aliphatic heterocycles. The molecule has 1 aliphatic carbocycles. The molecular weight excluding hydrogens is 420 g/mol. The van der Waals surface area contributed by atoms with Crippen molar-refractivity contribution >= 4 is 22.7 Å². The first-order valence-corrected chi connectivity index (χ1v) is 11.7. The van der Waals surface area contributed by atoms with Crippen molar-refractivity contribution in [1.82, 2.24) is 19.9 Å². The second kappa shape index (κ2) is 9.74. The predicted molar refractivity (Wildman–Crippen MR) is 127 cm³/mol. The van der Waals surface area contributed by atoms with Crippen LogP contribution in [0.5, 0.6) is 5.75 Å². The molecule has 2 aromatic heterocycles. The van der Waals surface area contributed by atoms with Crippen LogP contribution < -0.4 is 20.5 Å². The zero-order valence-corrected chi connectivity index (χ0v) is 18.9. The van der Waals surface area contributed by atoms with Gasteiger partial charge in [0.05, 0.1) is 30.5 Å². The number of benzene rings is 1. The predicted octanol–water partition coefficient (Wildman–Crippen LogP) is 2.77. The van der Waals surface area contributed by atoms with Gasteiger partial charge in [-0.1, -0.05) is 0 Å². The molecule has 9 nitrogen and oxygen atoms in total. The average Bonchev–Trinajstić information content (AvgIpc) is 2.85. The molecule has 3 heterocycles. The Balaban J connectivity index is 1.27. The highest BCUT2D eigenvalue weighted by atomic mass is 16.5. The third-order valence-corrected chi connectivity index (χ3v) is 6.52. The standard InChI is InChI=1S/C24H30N6O3/c1-25-24-28-17(13-22(31)29-24)12-16-2-4-19(5-3-16)33-21-15-18(30-8-10-32-11-9-30)14-20-23(21)27-7-6-26-20/h6-7,13-16,19H,2-5,8-12H2,1H3,(H2,25,28,29,31). The number of aromatic amines is 1. The van der Waals surface area contributed by atoms with Crippen molar-refractivity contribution in [3.05, 3.63) is 46.6 Å². The van der Waals surface area contributed by atoms with Crippen LogP contribution in [0.4, 0.5) is 11.6 Å². The van der Waals surface area contributed by atoms with Gasteiger partial charge in [-0.25, -0.2) is 9.97 Å². The van der Waals surface area contributed by atoms with E-state index in [9.17, 15) is 4.79 Å². The Kier molecular flexibility index (Phi) is 6.39. The average molecular weight is 451 g/mol. The van der Waals surface area contributed by atoms with Gasteiger partial charge in [-0.15, -0.1) is 0 Å². The topological polar surface area (TPSA) is 105 Å². The van der Waals surface area contributed by atoms with Gasteiger partial charge >= 0.3 is 0 Å². The van der Waals surface area contributed by atoms with E-state index in [0.717, 1.165) is 86.6 Å². The first-order valence-electron chi connectivity index (χ1n) is 11.7. The molecule has 9 heteroatoms. The molecular formula is C24H30N6O3. The van der Waals surface area contributed by atoms with Crippen molar-refractivity contribution in [2.24, 2.45) is 5.92 Å². The van der Waals surface area contributed by atoms with Gasteiger partial charge in [-0.3, -0.25) is 14.8 Å². The van der Waals surface area contributed by atoms with Crippen LogP contribution in [0.3, 0.4) is 0 Å². The summed E-state index contributed by atoms with van der Waals surface area (Å²) in [7, 11) is 1.76. The van der Waals surface area contributed by atoms with E-state index >= 15 is 0 Å². The number of hydrogen-bond donors (Lipinski definition) is 2. The molecule has 5 rings (SSSR count). The fourth-order valence-corrected chi connectivity index (χ4v) is 4.78. The minimum Gasteiger partial charge on any atom is -0.488 e. The number of H-pyrrole nitrogens is 1. The summed E-state index contributed by atoms with van der Waals surface area (Å²) in [4.78, 5) is 30.4. The van der Waals surface area contributed by atoms with Gasteiger partial charge in [0, 0.05) is 50.4 Å². The van der Waals surface area contributed by atoms with Gasteiger partial charge in [-0.05, 0) is 44.1 Å². The van der Waals surface area contributed by atoms with Crippen LogP contribution >= 0.6 is 0 Å². The van der Waals surface area contributed by atoms with Crippen LogP contribution in [-0.4, -0.2) is 59.4 Å². The van der Waals surface area contributed by atoms with Crippen molar-refractivity contribution in [1.29, 1.82) is 0 Å². The smallest absolute Gasteiger partial charge is 0.252 e. The van der Waals surface area contributed by atoms with E-state index < -0.39 is 0 Å². The Bertz CT molecular complexity index is 1150. The fraction of sp³-hybridized carbons (Fsp3) is 0.500. The van der Waals surface area contributed by atoms with Crippen LogP contribution in [0.25, 0.3) is 11.0 Å². The van der Waals surface area contributed by atoms with Crippen LogP contribution in [0.1, 0.15) is 31.4 Å². The highest BCUT2D eigenvalue weighted by Crippen LogP contribution is 2.34. The van der Waals surface area contributed by atoms with Gasteiger partial charge in [-0.2, -0.15) is 0 Å². The van der Waals surface area contributed by atoms with Crippen molar-refractivity contribution in [3.63, 3.8) is 0 Å². The number of nitrogens with one attached hydrogen (secondary N) is 2. The van der Waals surface area contributed by atoms with Gasteiger partial charge < -0.3 is 19.7 Å². The maximum absolute atomic E-state index is 11.8. The molecule has 1 saturated heterocycles. The van der Waals surface area contributed by atoms with Crippen molar-refractivity contribution < 1.29 is 9.47 Å². The summed E-state index contributed by atoms with van der Waals surface area (Å²) in [6.45, 7) is 3.19. The molecule has 1 saturated carbocycles. The molecule has 0 atom stereocenters. The monoisotopic (exact) mass is 450 g/mol. The van der Waals surface area contributed by atoms with E-state index in [1.807, 2.05) is 0 Å². The molecule has 0 unspecified atom stereocenters. The Morgan fingerprint density at radius 2 is 1.91 bits per heavy atom. The summed E-state index contributed by atoms with van der Waals surface area (Å²) < 4.78 is 12.0. The largest absolute Gasteiger partial charge is 0.488 e. The van der Waals surface area contributed by atoms with Gasteiger partial charge in [0.1, 0.15) is 11.3 Å². The van der Waals surface area contributed by atoms with E-state index in [1.165, 1.54) is 0 Å². The van der Waals surface area contributed by atoms with Gasteiger partial charge in [0.2, 0.25) is 5.95 Å². The number of nitrogens with zero attached hydrogens (tertiary/aromatic N) is 4. The zero-order chi connectivity index (χ0) is 22.6. The Hall–Kier alpha value is -3.20. The normalized spacial score (nSPS) is 21.2.